The minimum atomic E-state index is -4.90. The maximum Gasteiger partial charge on any atom is 1.00 e. The molecule has 0 aliphatic carbocycles. The smallest absolute Gasteiger partial charge is 0.747 e. The Morgan fingerprint density at radius 3 is 2.30 bits per heavy atom. The average molecular weight is 557 g/mol. The molecule has 15 heteroatoms. The number of carboxylic acids is 1. The molecule has 2 aliphatic rings. The summed E-state index contributed by atoms with van der Waals surface area (Å²) in [7, 11) is -4.90. The number of carbonyl (C=O) groups is 4. The molecule has 1 saturated heterocycles. The number of hydrogen-bond donors (Lipinski definition) is 2. The molecular weight excluding hydrogens is 535 g/mol. The molecule has 37 heavy (non-hydrogen) atoms. The van der Waals surface area contributed by atoms with Gasteiger partial charge in [-0.3, -0.25) is 19.3 Å². The normalized spacial score (nSPS) is 17.0. The van der Waals surface area contributed by atoms with Gasteiger partial charge < -0.3 is 25.9 Å². The number of nitrogens with two attached hydrogens (primary N) is 2. The molecule has 0 radical (unpaired) electrons. The van der Waals surface area contributed by atoms with E-state index in [4.69, 9.17) is 11.5 Å². The van der Waals surface area contributed by atoms with Crippen LogP contribution in [0.25, 0.3) is 0 Å². The maximum absolute atomic E-state index is 11.3. The quantitative estimate of drug-likeness (QED) is 0.145. The summed E-state index contributed by atoms with van der Waals surface area (Å²) in [5.74, 6) is -2.50. The van der Waals surface area contributed by atoms with Gasteiger partial charge in [-0.25, -0.2) is 13.0 Å². The molecule has 2 aliphatic heterocycles. The predicted molar refractivity (Wildman–Crippen MR) is 123 cm³/mol. The second kappa shape index (κ2) is 12.7. The van der Waals surface area contributed by atoms with Crippen molar-refractivity contribution in [1.29, 1.82) is 0 Å². The number of carboxylic acid groups (broad SMARTS) is 1. The zero-order valence-corrected chi connectivity index (χ0v) is 23.2. The summed E-state index contributed by atoms with van der Waals surface area (Å²) in [5, 5.41) is 8.61. The molecule has 3 heterocycles. The van der Waals surface area contributed by atoms with E-state index in [1.165, 1.54) is 29.2 Å². The fourth-order valence-electron chi connectivity index (χ4n) is 3.59. The monoisotopic (exact) mass is 556 g/mol. The van der Waals surface area contributed by atoms with Crippen molar-refractivity contribution in [2.24, 2.45) is 11.5 Å². The molecular formula is C22H21N4NaO8S2. The molecule has 1 aromatic carbocycles. The summed E-state index contributed by atoms with van der Waals surface area (Å²) in [4.78, 5) is 45.1. The van der Waals surface area contributed by atoms with E-state index in [0.717, 1.165) is 0 Å². The van der Waals surface area contributed by atoms with E-state index < -0.39 is 33.2 Å². The van der Waals surface area contributed by atoms with Gasteiger partial charge in [0.2, 0.25) is 17.7 Å². The zero-order valence-electron chi connectivity index (χ0n) is 19.6. The van der Waals surface area contributed by atoms with E-state index in [9.17, 15) is 37.3 Å². The van der Waals surface area contributed by atoms with Crippen LogP contribution in [0.3, 0.4) is 0 Å². The van der Waals surface area contributed by atoms with Crippen molar-refractivity contribution in [3.8, 4) is 0 Å². The number of fused-ring (bicyclic) bond motifs is 1. The largest absolute Gasteiger partial charge is 1.00 e. The molecule has 12 nitrogen and oxygen atoms in total. The third-order valence-corrected chi connectivity index (χ3v) is 7.48. The number of amides is 3. The van der Waals surface area contributed by atoms with Crippen LogP contribution in [-0.2, 0) is 31.0 Å². The second-order valence-electron chi connectivity index (χ2n) is 7.78. The van der Waals surface area contributed by atoms with Crippen LogP contribution in [0.5, 0.6) is 0 Å². The standard InChI is InChI=1S/C15H15N3O5S.C7H7NO3S.Na/c16-14(19)11-4-6-18(7-5-11)9-10-2-1-3-12(8-10)13(15(17)20)24(21,22)23;9-5-3-6-8(5)4(7(10)11)1-2-12-6;/h1-8,13H,9H2,(H4-,16,17,19,20,21,22,23);1,6H,2-3H2,(H,10,11);/q;;+1/p-1/t;6-;/m.0./s1. The molecule has 2 aromatic rings. The van der Waals surface area contributed by atoms with Crippen LogP contribution in [-0.4, -0.2) is 52.7 Å². The minimum Gasteiger partial charge on any atom is -0.747 e. The van der Waals surface area contributed by atoms with Crippen LogP contribution < -0.4 is 50.7 Å². The number of hydrogen-bond acceptors (Lipinski definition) is 9. The zero-order chi connectivity index (χ0) is 26.6. The number of pyridine rings is 1. The van der Waals surface area contributed by atoms with Crippen LogP contribution >= 0.6 is 11.8 Å². The Bertz CT molecular complexity index is 1350. The second-order valence-corrected chi connectivity index (χ2v) is 10.4. The Morgan fingerprint density at radius 1 is 1.16 bits per heavy atom. The van der Waals surface area contributed by atoms with Crippen LogP contribution in [0.15, 0.2) is 60.6 Å². The van der Waals surface area contributed by atoms with Crippen LogP contribution in [0.4, 0.5) is 0 Å². The van der Waals surface area contributed by atoms with Crippen molar-refractivity contribution in [3.63, 3.8) is 0 Å². The summed E-state index contributed by atoms with van der Waals surface area (Å²) in [6.07, 6.45) is 5.23. The molecule has 2 atom stereocenters. The number of primary amides is 2. The number of aliphatic carboxylic acids is 1. The van der Waals surface area contributed by atoms with Gasteiger partial charge in [-0.1, -0.05) is 18.2 Å². The summed E-state index contributed by atoms with van der Waals surface area (Å²) in [6, 6.07) is 9.11. The molecule has 1 fully saturated rings. The van der Waals surface area contributed by atoms with E-state index >= 15 is 0 Å². The van der Waals surface area contributed by atoms with Crippen molar-refractivity contribution in [2.75, 3.05) is 5.75 Å². The van der Waals surface area contributed by atoms with E-state index in [1.807, 2.05) is 0 Å². The summed E-state index contributed by atoms with van der Waals surface area (Å²) in [6.45, 7) is 0.331. The summed E-state index contributed by atoms with van der Waals surface area (Å²) < 4.78 is 35.4. The molecule has 0 saturated carbocycles. The first-order chi connectivity index (χ1) is 16.9. The van der Waals surface area contributed by atoms with Crippen molar-refractivity contribution < 1.29 is 71.4 Å². The van der Waals surface area contributed by atoms with Gasteiger partial charge in [0, 0.05) is 23.4 Å². The number of carbonyl (C=O) groups excluding carboxylic acids is 4. The molecule has 1 aromatic heterocycles. The first-order valence-electron chi connectivity index (χ1n) is 10.4. The summed E-state index contributed by atoms with van der Waals surface area (Å²) in [5.41, 5.74) is 11.3. The van der Waals surface area contributed by atoms with Gasteiger partial charge in [0.25, 0.3) is 0 Å². The Balaban J connectivity index is 0.000000309. The third kappa shape index (κ3) is 7.63. The van der Waals surface area contributed by atoms with E-state index in [-0.39, 0.29) is 52.1 Å². The maximum atomic E-state index is 11.3. The first-order valence-corrected chi connectivity index (χ1v) is 12.9. The Labute approximate surface area is 238 Å². The van der Waals surface area contributed by atoms with Gasteiger partial charge in [-0.2, -0.15) is 0 Å². The molecule has 3 amide bonds. The number of thioether (sulfide) groups is 1. The summed E-state index contributed by atoms with van der Waals surface area (Å²) >= 11 is 1.58. The number of β-lactam (4-membered cyclic amide) rings is 1. The molecule has 4 N–H and O–H groups in total. The third-order valence-electron chi connectivity index (χ3n) is 5.28. The van der Waals surface area contributed by atoms with Crippen LogP contribution in [0.1, 0.15) is 33.2 Å². The van der Waals surface area contributed by atoms with Crippen molar-refractivity contribution in [3.05, 3.63) is 77.3 Å². The van der Waals surface area contributed by atoms with E-state index in [0.29, 0.717) is 29.8 Å². The number of nitrogens with zero attached hydrogens (tertiary/aromatic N) is 2. The Kier molecular flexibility index (Phi) is 10.4. The van der Waals surface area contributed by atoms with Crippen molar-refractivity contribution in [1.82, 2.24) is 4.90 Å². The number of rotatable bonds is 7. The molecule has 0 bridgehead atoms. The van der Waals surface area contributed by atoms with Gasteiger partial charge >= 0.3 is 29.6 Å². The van der Waals surface area contributed by atoms with Gasteiger partial charge in [-0.05, 0) is 17.7 Å². The fraction of sp³-hybridized carbons (Fsp3) is 0.227. The molecule has 4 rings (SSSR count). The van der Waals surface area contributed by atoms with E-state index in [1.54, 1.807) is 46.9 Å². The Hall–Kier alpha value is -2.75. The molecule has 0 spiro atoms. The van der Waals surface area contributed by atoms with E-state index in [2.05, 4.69) is 0 Å². The van der Waals surface area contributed by atoms with Gasteiger partial charge in [-0.15, -0.1) is 11.8 Å². The first kappa shape index (κ1) is 30.5. The van der Waals surface area contributed by atoms with Crippen molar-refractivity contribution >= 4 is 45.6 Å². The Morgan fingerprint density at radius 2 is 1.81 bits per heavy atom. The number of benzene rings is 1. The SMILES string of the molecule is NC(=O)c1cc[n+](Cc2cccc(C(C(N)=O)S(=O)(=O)[O-])c2)cc1.O=C([O-])C1=CCS[C@H]2CC(=O)N12.[Na+]. The van der Waals surface area contributed by atoms with Gasteiger partial charge in [0.05, 0.1) is 29.0 Å². The van der Waals surface area contributed by atoms with Gasteiger partial charge in [0.1, 0.15) is 10.1 Å². The van der Waals surface area contributed by atoms with Crippen LogP contribution in [0, 0.1) is 0 Å². The number of aromatic nitrogens is 1. The van der Waals surface area contributed by atoms with Gasteiger partial charge in [0.15, 0.2) is 24.2 Å². The topological polar surface area (TPSA) is 208 Å². The molecule has 190 valence electrons. The average Bonchev–Trinajstić information content (AvgIpc) is 2.78. The predicted octanol–water partition coefficient (Wildman–Crippen LogP) is -4.88. The molecule has 1 unspecified atom stereocenters. The minimum absolute atomic E-state index is 0. The van der Waals surface area contributed by atoms with Crippen molar-refractivity contribution in [2.45, 2.75) is 23.6 Å². The fourth-order valence-corrected chi connectivity index (χ4v) is 5.48. The van der Waals surface area contributed by atoms with Crippen LogP contribution in [0.2, 0.25) is 0 Å².